The molecule has 1 N–H and O–H groups in total. The Morgan fingerprint density at radius 3 is 2.44 bits per heavy atom. The minimum Gasteiger partial charge on any atom is -0.507 e. The minimum absolute atomic E-state index is 0.0120. The lowest BCUT2D eigenvalue weighted by molar-refractivity contribution is 0.00668. The van der Waals surface area contributed by atoms with Gasteiger partial charge in [-0.25, -0.2) is 4.79 Å². The highest BCUT2D eigenvalue weighted by atomic mass is 16.6. The summed E-state index contributed by atoms with van der Waals surface area (Å²) >= 11 is 0. The summed E-state index contributed by atoms with van der Waals surface area (Å²) in [5.74, 6) is -0.138. The molecule has 1 aromatic rings. The second-order valence-corrected chi connectivity index (χ2v) is 5.59. The summed E-state index contributed by atoms with van der Waals surface area (Å²) in [6.45, 7) is 9.58. The fourth-order valence-electron chi connectivity index (χ4n) is 1.60. The molecule has 0 amide bonds. The average molecular weight is 250 g/mol. The number of ether oxygens (including phenoxy) is 1. The van der Waals surface area contributed by atoms with Crippen LogP contribution in [-0.2, 0) is 4.74 Å². The van der Waals surface area contributed by atoms with Crippen LogP contribution in [0.1, 0.15) is 62.9 Å². The first-order valence-corrected chi connectivity index (χ1v) is 6.31. The van der Waals surface area contributed by atoms with Gasteiger partial charge in [-0.2, -0.15) is 0 Å². The molecule has 0 aliphatic heterocycles. The first-order valence-electron chi connectivity index (χ1n) is 6.31. The third-order valence-electron chi connectivity index (χ3n) is 2.82. The Balaban J connectivity index is 2.96. The SMILES string of the molecule is CCC(C)c1ccc(C(=O)OC(C)(C)C)c(O)c1. The lowest BCUT2D eigenvalue weighted by atomic mass is 9.97. The molecule has 0 fully saturated rings. The van der Waals surface area contributed by atoms with E-state index >= 15 is 0 Å². The van der Waals surface area contributed by atoms with Gasteiger partial charge in [-0.05, 0) is 50.8 Å². The van der Waals surface area contributed by atoms with Gasteiger partial charge in [-0.1, -0.05) is 19.9 Å². The monoisotopic (exact) mass is 250 g/mol. The molecule has 0 aliphatic carbocycles. The molecule has 0 bridgehead atoms. The van der Waals surface area contributed by atoms with Crippen molar-refractivity contribution in [3.8, 4) is 5.75 Å². The number of aromatic hydroxyl groups is 1. The highest BCUT2D eigenvalue weighted by Gasteiger charge is 2.20. The van der Waals surface area contributed by atoms with E-state index in [-0.39, 0.29) is 11.3 Å². The Kier molecular flexibility index (Phi) is 4.38. The summed E-state index contributed by atoms with van der Waals surface area (Å²) in [7, 11) is 0. The van der Waals surface area contributed by atoms with Gasteiger partial charge in [0.05, 0.1) is 0 Å². The van der Waals surface area contributed by atoms with Crippen LogP contribution in [0.2, 0.25) is 0 Å². The van der Waals surface area contributed by atoms with Gasteiger partial charge in [0, 0.05) is 0 Å². The normalized spacial score (nSPS) is 13.2. The Morgan fingerprint density at radius 1 is 1.39 bits per heavy atom. The van der Waals surface area contributed by atoms with E-state index in [9.17, 15) is 9.90 Å². The van der Waals surface area contributed by atoms with Gasteiger partial charge in [-0.15, -0.1) is 0 Å². The maximum Gasteiger partial charge on any atom is 0.342 e. The summed E-state index contributed by atoms with van der Waals surface area (Å²) in [5, 5.41) is 9.90. The molecule has 0 saturated carbocycles. The zero-order valence-electron chi connectivity index (χ0n) is 11.8. The molecular formula is C15H22O3. The van der Waals surface area contributed by atoms with Gasteiger partial charge in [0.1, 0.15) is 16.9 Å². The molecule has 0 radical (unpaired) electrons. The number of rotatable bonds is 3. The number of phenolic OH excluding ortho intramolecular Hbond substituents is 1. The molecule has 3 heteroatoms. The van der Waals surface area contributed by atoms with Crippen LogP contribution in [0.3, 0.4) is 0 Å². The van der Waals surface area contributed by atoms with E-state index in [1.54, 1.807) is 32.9 Å². The van der Waals surface area contributed by atoms with Crippen LogP contribution >= 0.6 is 0 Å². The lowest BCUT2D eigenvalue weighted by Crippen LogP contribution is -2.23. The van der Waals surface area contributed by atoms with Gasteiger partial charge < -0.3 is 9.84 Å². The summed E-state index contributed by atoms with van der Waals surface area (Å²) in [6, 6.07) is 5.14. The zero-order valence-corrected chi connectivity index (χ0v) is 11.8. The molecule has 100 valence electrons. The highest BCUT2D eigenvalue weighted by Crippen LogP contribution is 2.27. The maximum atomic E-state index is 11.8. The van der Waals surface area contributed by atoms with E-state index < -0.39 is 11.6 Å². The number of carbonyl (C=O) groups excluding carboxylic acids is 1. The van der Waals surface area contributed by atoms with Crippen molar-refractivity contribution in [2.24, 2.45) is 0 Å². The highest BCUT2D eigenvalue weighted by molar-refractivity contribution is 5.92. The Morgan fingerprint density at radius 2 is 2.00 bits per heavy atom. The van der Waals surface area contributed by atoms with Crippen molar-refractivity contribution in [3.63, 3.8) is 0 Å². The van der Waals surface area contributed by atoms with Crippen molar-refractivity contribution in [2.45, 2.75) is 52.6 Å². The van der Waals surface area contributed by atoms with Crippen molar-refractivity contribution < 1.29 is 14.6 Å². The minimum atomic E-state index is -0.557. The van der Waals surface area contributed by atoms with E-state index in [1.807, 2.05) is 6.07 Å². The second-order valence-electron chi connectivity index (χ2n) is 5.59. The summed E-state index contributed by atoms with van der Waals surface area (Å²) in [6.07, 6.45) is 0.991. The van der Waals surface area contributed by atoms with Crippen LogP contribution in [0.15, 0.2) is 18.2 Å². The molecule has 1 rings (SSSR count). The Hall–Kier alpha value is -1.51. The molecule has 0 spiro atoms. The van der Waals surface area contributed by atoms with Crippen LogP contribution in [0.5, 0.6) is 5.75 Å². The van der Waals surface area contributed by atoms with Gasteiger partial charge in [0.2, 0.25) is 0 Å². The quantitative estimate of drug-likeness (QED) is 0.828. The van der Waals surface area contributed by atoms with E-state index in [1.165, 1.54) is 0 Å². The topological polar surface area (TPSA) is 46.5 Å². The molecule has 18 heavy (non-hydrogen) atoms. The second kappa shape index (κ2) is 5.42. The molecule has 1 atom stereocenters. The summed E-state index contributed by atoms with van der Waals surface area (Å²) < 4.78 is 5.23. The predicted molar refractivity (Wildman–Crippen MR) is 72.0 cm³/mol. The largest absolute Gasteiger partial charge is 0.507 e. The molecule has 0 saturated heterocycles. The average Bonchev–Trinajstić information content (AvgIpc) is 2.25. The standard InChI is InChI=1S/C15H22O3/c1-6-10(2)11-7-8-12(13(16)9-11)14(17)18-15(3,4)5/h7-10,16H,6H2,1-5H3. The first-order chi connectivity index (χ1) is 8.24. The van der Waals surface area contributed by atoms with E-state index in [0.717, 1.165) is 12.0 Å². The van der Waals surface area contributed by atoms with Crippen molar-refractivity contribution in [3.05, 3.63) is 29.3 Å². The van der Waals surface area contributed by atoms with Crippen LogP contribution in [-0.4, -0.2) is 16.7 Å². The van der Waals surface area contributed by atoms with Crippen molar-refractivity contribution in [1.29, 1.82) is 0 Å². The smallest absolute Gasteiger partial charge is 0.342 e. The van der Waals surface area contributed by atoms with Crippen LogP contribution in [0.25, 0.3) is 0 Å². The molecule has 0 aromatic heterocycles. The van der Waals surface area contributed by atoms with Gasteiger partial charge in [-0.3, -0.25) is 0 Å². The number of esters is 1. The Labute approximate surface area is 109 Å². The number of benzene rings is 1. The van der Waals surface area contributed by atoms with Crippen molar-refractivity contribution >= 4 is 5.97 Å². The van der Waals surface area contributed by atoms with Gasteiger partial charge in [0.15, 0.2) is 0 Å². The third kappa shape index (κ3) is 3.76. The fourth-order valence-corrected chi connectivity index (χ4v) is 1.60. The van der Waals surface area contributed by atoms with Crippen molar-refractivity contribution in [1.82, 2.24) is 0 Å². The van der Waals surface area contributed by atoms with Crippen LogP contribution in [0, 0.1) is 0 Å². The van der Waals surface area contributed by atoms with Gasteiger partial charge >= 0.3 is 5.97 Å². The maximum absolute atomic E-state index is 11.8. The number of hydrogen-bond acceptors (Lipinski definition) is 3. The number of hydrogen-bond donors (Lipinski definition) is 1. The molecular weight excluding hydrogens is 228 g/mol. The van der Waals surface area contributed by atoms with Gasteiger partial charge in [0.25, 0.3) is 0 Å². The van der Waals surface area contributed by atoms with E-state index in [4.69, 9.17) is 4.74 Å². The van der Waals surface area contributed by atoms with Crippen LogP contribution < -0.4 is 0 Å². The number of carbonyl (C=O) groups is 1. The molecule has 3 nitrogen and oxygen atoms in total. The third-order valence-corrected chi connectivity index (χ3v) is 2.82. The van der Waals surface area contributed by atoms with E-state index in [2.05, 4.69) is 13.8 Å². The predicted octanol–water partition coefficient (Wildman–Crippen LogP) is 3.86. The lowest BCUT2D eigenvalue weighted by Gasteiger charge is -2.20. The molecule has 1 aromatic carbocycles. The summed E-state index contributed by atoms with van der Waals surface area (Å²) in [5.41, 5.74) is 0.693. The molecule has 0 aliphatic rings. The van der Waals surface area contributed by atoms with Crippen molar-refractivity contribution in [2.75, 3.05) is 0 Å². The molecule has 1 unspecified atom stereocenters. The molecule has 0 heterocycles. The zero-order chi connectivity index (χ0) is 13.9. The summed E-state index contributed by atoms with van der Waals surface area (Å²) in [4.78, 5) is 11.8. The Bertz CT molecular complexity index is 430. The number of phenols is 1. The fraction of sp³-hybridized carbons (Fsp3) is 0.533. The van der Waals surface area contributed by atoms with E-state index in [0.29, 0.717) is 5.92 Å². The van der Waals surface area contributed by atoms with Crippen LogP contribution in [0.4, 0.5) is 0 Å². The first kappa shape index (κ1) is 14.6.